The maximum Gasteiger partial charge on any atom is 0.339 e. The monoisotopic (exact) mass is 436 g/mol. The van der Waals surface area contributed by atoms with E-state index in [1.165, 1.54) is 14.0 Å². The van der Waals surface area contributed by atoms with E-state index in [2.05, 4.69) is 38.0 Å². The first-order chi connectivity index (χ1) is 11.5. The molecule has 8 heteroatoms. The Balaban J connectivity index is 2.10. The highest BCUT2D eigenvalue weighted by Gasteiger charge is 2.15. The predicted octanol–water partition coefficient (Wildman–Crippen LogP) is 2.75. The first-order valence-corrected chi connectivity index (χ1v) is 8.07. The number of hydrogen-bond donors (Lipinski definition) is 1. The van der Waals surface area contributed by atoms with Crippen molar-refractivity contribution in [2.24, 2.45) is 0 Å². The summed E-state index contributed by atoms with van der Waals surface area (Å²) in [5.74, 6) is -0.787. The summed E-state index contributed by atoms with van der Waals surface area (Å²) in [6, 6.07) is 6.90. The smallest absolute Gasteiger partial charge is 0.339 e. The van der Waals surface area contributed by atoms with Gasteiger partial charge in [0.25, 0.3) is 0 Å². The molecule has 0 aliphatic carbocycles. The Labute approximate surface area is 151 Å². The van der Waals surface area contributed by atoms with Crippen LogP contribution in [0.1, 0.15) is 17.3 Å². The van der Waals surface area contributed by atoms with Gasteiger partial charge in [0.05, 0.1) is 33.8 Å². The third-order valence-electron chi connectivity index (χ3n) is 3.36. The molecule has 2 aromatic heterocycles. The molecule has 0 bridgehead atoms. The molecule has 1 amide bonds. The number of carbonyl (C=O) groups excluding carboxylic acids is 2. The second-order valence-electron chi connectivity index (χ2n) is 5.01. The van der Waals surface area contributed by atoms with E-state index in [9.17, 15) is 9.59 Å². The van der Waals surface area contributed by atoms with Crippen LogP contribution in [0.25, 0.3) is 16.9 Å². The number of amides is 1. The molecule has 0 aliphatic heterocycles. The minimum Gasteiger partial charge on any atom is -0.465 e. The summed E-state index contributed by atoms with van der Waals surface area (Å²) in [5.41, 5.74) is 2.90. The van der Waals surface area contributed by atoms with Crippen molar-refractivity contribution < 1.29 is 14.3 Å². The second kappa shape index (κ2) is 6.56. The molecule has 1 aromatic carbocycles. The SMILES string of the molecule is COC(=O)c1ccc(-c2ccn3ncc(I)c3n2)cc1NC(C)=O. The Kier molecular flexibility index (Phi) is 4.47. The van der Waals surface area contributed by atoms with Crippen LogP contribution in [0.2, 0.25) is 0 Å². The summed E-state index contributed by atoms with van der Waals surface area (Å²) < 4.78 is 7.37. The number of rotatable bonds is 3. The Hall–Kier alpha value is -2.49. The number of benzene rings is 1. The maximum absolute atomic E-state index is 11.8. The van der Waals surface area contributed by atoms with Crippen molar-refractivity contribution in [2.75, 3.05) is 12.4 Å². The largest absolute Gasteiger partial charge is 0.465 e. The number of fused-ring (bicyclic) bond motifs is 1. The van der Waals surface area contributed by atoms with Gasteiger partial charge in [0.1, 0.15) is 0 Å². The molecule has 0 radical (unpaired) electrons. The molecule has 0 saturated heterocycles. The summed E-state index contributed by atoms with van der Waals surface area (Å²) >= 11 is 2.17. The fraction of sp³-hybridized carbons (Fsp3) is 0.125. The van der Waals surface area contributed by atoms with E-state index in [-0.39, 0.29) is 11.5 Å². The summed E-state index contributed by atoms with van der Waals surface area (Å²) in [6.45, 7) is 1.38. The molecule has 0 aliphatic rings. The average molecular weight is 436 g/mol. The van der Waals surface area contributed by atoms with Crippen LogP contribution in [-0.2, 0) is 9.53 Å². The minimum atomic E-state index is -0.515. The standard InChI is InChI=1S/C16H13IN4O3/c1-9(22)19-14-7-10(3-4-11(14)16(23)24-2)13-5-6-21-15(20-13)12(17)8-18-21/h3-8H,1-2H3,(H,19,22). The normalized spacial score (nSPS) is 10.6. The maximum atomic E-state index is 11.8. The number of nitrogens with one attached hydrogen (secondary N) is 1. The molecule has 3 rings (SSSR count). The van der Waals surface area contributed by atoms with Crippen molar-refractivity contribution in [2.45, 2.75) is 6.92 Å². The van der Waals surface area contributed by atoms with Crippen molar-refractivity contribution in [3.05, 3.63) is 45.8 Å². The first kappa shape index (κ1) is 16.4. The molecule has 24 heavy (non-hydrogen) atoms. The highest BCUT2D eigenvalue weighted by Crippen LogP contribution is 2.26. The van der Waals surface area contributed by atoms with Crippen molar-refractivity contribution >= 4 is 45.8 Å². The van der Waals surface area contributed by atoms with Crippen LogP contribution in [0.3, 0.4) is 0 Å². The van der Waals surface area contributed by atoms with Crippen LogP contribution >= 0.6 is 22.6 Å². The highest BCUT2D eigenvalue weighted by molar-refractivity contribution is 14.1. The number of nitrogens with zero attached hydrogens (tertiary/aromatic N) is 3. The van der Waals surface area contributed by atoms with Crippen LogP contribution in [0, 0.1) is 3.57 Å². The number of carbonyl (C=O) groups is 2. The van der Waals surface area contributed by atoms with Gasteiger partial charge in [-0.25, -0.2) is 14.3 Å². The van der Waals surface area contributed by atoms with Gasteiger partial charge in [-0.1, -0.05) is 6.07 Å². The Morgan fingerprint density at radius 1 is 1.29 bits per heavy atom. The van der Waals surface area contributed by atoms with Gasteiger partial charge in [-0.2, -0.15) is 5.10 Å². The molecule has 2 heterocycles. The molecular formula is C16H13IN4O3. The van der Waals surface area contributed by atoms with E-state index >= 15 is 0 Å². The fourth-order valence-electron chi connectivity index (χ4n) is 2.29. The molecule has 0 fully saturated rings. The van der Waals surface area contributed by atoms with Gasteiger partial charge in [-0.05, 0) is 40.8 Å². The van der Waals surface area contributed by atoms with E-state index in [1.54, 1.807) is 28.9 Å². The van der Waals surface area contributed by atoms with Crippen LogP contribution in [-0.4, -0.2) is 33.6 Å². The molecule has 0 saturated carbocycles. The average Bonchev–Trinajstić information content (AvgIpc) is 2.94. The fourth-order valence-corrected chi connectivity index (χ4v) is 2.78. The summed E-state index contributed by atoms with van der Waals surface area (Å²) in [4.78, 5) is 27.8. The van der Waals surface area contributed by atoms with Crippen LogP contribution < -0.4 is 5.32 Å². The van der Waals surface area contributed by atoms with Crippen LogP contribution in [0.5, 0.6) is 0 Å². The third-order valence-corrected chi connectivity index (χ3v) is 4.12. The third kappa shape index (κ3) is 3.09. The number of methoxy groups -OCH3 is 1. The first-order valence-electron chi connectivity index (χ1n) is 7.00. The lowest BCUT2D eigenvalue weighted by Crippen LogP contribution is -2.12. The minimum absolute atomic E-state index is 0.272. The van der Waals surface area contributed by atoms with E-state index in [4.69, 9.17) is 4.74 Å². The Morgan fingerprint density at radius 2 is 2.08 bits per heavy atom. The lowest BCUT2D eigenvalue weighted by molar-refractivity contribution is -0.114. The second-order valence-corrected chi connectivity index (χ2v) is 6.17. The number of hydrogen-bond acceptors (Lipinski definition) is 5. The van der Waals surface area contributed by atoms with E-state index in [0.29, 0.717) is 11.4 Å². The van der Waals surface area contributed by atoms with Gasteiger partial charge in [0.15, 0.2) is 5.65 Å². The zero-order valence-electron chi connectivity index (χ0n) is 12.9. The van der Waals surface area contributed by atoms with Gasteiger partial charge in [-0.3, -0.25) is 4.79 Å². The zero-order chi connectivity index (χ0) is 17.3. The summed E-state index contributed by atoms with van der Waals surface area (Å²) in [7, 11) is 1.30. The van der Waals surface area contributed by atoms with E-state index in [0.717, 1.165) is 14.8 Å². The molecule has 0 unspecified atom stereocenters. The summed E-state index contributed by atoms with van der Waals surface area (Å²) in [5, 5.41) is 6.84. The van der Waals surface area contributed by atoms with Gasteiger partial charge in [-0.15, -0.1) is 0 Å². The topological polar surface area (TPSA) is 85.6 Å². The Bertz CT molecular complexity index is 952. The van der Waals surface area contributed by atoms with Gasteiger partial charge in [0, 0.05) is 18.7 Å². The molecule has 3 aromatic rings. The van der Waals surface area contributed by atoms with Gasteiger partial charge >= 0.3 is 5.97 Å². The molecule has 0 atom stereocenters. The number of aromatic nitrogens is 3. The summed E-state index contributed by atoms with van der Waals surface area (Å²) in [6.07, 6.45) is 3.54. The number of halogens is 1. The lowest BCUT2D eigenvalue weighted by Gasteiger charge is -2.11. The van der Waals surface area contributed by atoms with Crippen molar-refractivity contribution in [3.8, 4) is 11.3 Å². The van der Waals surface area contributed by atoms with E-state index < -0.39 is 5.97 Å². The molecule has 0 spiro atoms. The van der Waals surface area contributed by atoms with E-state index in [1.807, 2.05) is 12.3 Å². The highest BCUT2D eigenvalue weighted by atomic mass is 127. The Morgan fingerprint density at radius 3 is 2.79 bits per heavy atom. The van der Waals surface area contributed by atoms with Crippen LogP contribution in [0.4, 0.5) is 5.69 Å². The van der Waals surface area contributed by atoms with Gasteiger partial charge in [0.2, 0.25) is 5.91 Å². The van der Waals surface area contributed by atoms with Crippen LogP contribution in [0.15, 0.2) is 36.7 Å². The number of ether oxygens (including phenoxy) is 1. The quantitative estimate of drug-likeness (QED) is 0.504. The van der Waals surface area contributed by atoms with Gasteiger partial charge < -0.3 is 10.1 Å². The van der Waals surface area contributed by atoms with Crippen molar-refractivity contribution in [1.82, 2.24) is 14.6 Å². The molecule has 122 valence electrons. The zero-order valence-corrected chi connectivity index (χ0v) is 15.1. The number of anilines is 1. The number of esters is 1. The van der Waals surface area contributed by atoms with Crippen molar-refractivity contribution in [3.63, 3.8) is 0 Å². The van der Waals surface area contributed by atoms with Crippen molar-refractivity contribution in [1.29, 1.82) is 0 Å². The molecule has 1 N–H and O–H groups in total. The molecule has 7 nitrogen and oxygen atoms in total. The lowest BCUT2D eigenvalue weighted by atomic mass is 10.1. The predicted molar refractivity (Wildman–Crippen MR) is 96.8 cm³/mol. The molecular weight excluding hydrogens is 423 g/mol.